The molecule has 2 aromatic rings. The van der Waals surface area contributed by atoms with Gasteiger partial charge in [0.1, 0.15) is 18.1 Å². The fourth-order valence-electron chi connectivity index (χ4n) is 3.38. The van der Waals surface area contributed by atoms with E-state index in [1.807, 2.05) is 6.07 Å². The molecule has 2 heterocycles. The number of anilines is 2. The van der Waals surface area contributed by atoms with Crippen molar-refractivity contribution in [1.29, 1.82) is 5.53 Å². The highest BCUT2D eigenvalue weighted by Crippen LogP contribution is 2.35. The van der Waals surface area contributed by atoms with Crippen molar-refractivity contribution in [1.82, 2.24) is 9.97 Å². The predicted molar refractivity (Wildman–Crippen MR) is 116 cm³/mol. The number of aromatic nitrogens is 2. The van der Waals surface area contributed by atoms with E-state index in [0.717, 1.165) is 38.7 Å². The number of hydrogen-bond donors (Lipinski definition) is 2. The van der Waals surface area contributed by atoms with Crippen LogP contribution >= 0.6 is 0 Å². The molecule has 9 heteroatoms. The highest BCUT2D eigenvalue weighted by atomic mass is 19.3. The molecular weight excluding hydrogens is 402 g/mol. The number of hydrogen-bond acceptors (Lipinski definition) is 7. The molecule has 0 amide bonds. The molecule has 7 nitrogen and oxygen atoms in total. The van der Waals surface area contributed by atoms with Gasteiger partial charge in [0.15, 0.2) is 0 Å². The van der Waals surface area contributed by atoms with Crippen molar-refractivity contribution < 1.29 is 13.5 Å². The van der Waals surface area contributed by atoms with Crippen molar-refractivity contribution >= 4 is 11.5 Å². The fourth-order valence-corrected chi connectivity index (χ4v) is 3.38. The Morgan fingerprint density at radius 1 is 1.42 bits per heavy atom. The van der Waals surface area contributed by atoms with E-state index in [4.69, 9.17) is 10.3 Å². The molecular formula is C22H28F2N6O. The van der Waals surface area contributed by atoms with E-state index in [1.54, 1.807) is 12.3 Å². The molecule has 1 aliphatic rings. The zero-order chi connectivity index (χ0) is 22.5. The van der Waals surface area contributed by atoms with E-state index in [0.29, 0.717) is 5.69 Å². The number of nitrogens with one attached hydrogen (secondary N) is 2. The Balaban J connectivity index is 1.62. The van der Waals surface area contributed by atoms with Gasteiger partial charge in [-0.2, -0.15) is 10.1 Å². The number of rotatable bonds is 9. The molecule has 1 aliphatic heterocycles. The summed E-state index contributed by atoms with van der Waals surface area (Å²) in [7, 11) is 0. The molecule has 1 saturated heterocycles. The van der Waals surface area contributed by atoms with Gasteiger partial charge in [0.25, 0.3) is 5.92 Å². The molecule has 0 saturated carbocycles. The van der Waals surface area contributed by atoms with Crippen LogP contribution in [0.1, 0.15) is 39.2 Å². The van der Waals surface area contributed by atoms with E-state index in [9.17, 15) is 8.78 Å². The van der Waals surface area contributed by atoms with Gasteiger partial charge in [-0.1, -0.05) is 26.0 Å². The molecule has 3 rings (SSSR count). The van der Waals surface area contributed by atoms with Crippen LogP contribution in [-0.4, -0.2) is 29.7 Å². The molecule has 1 fully saturated rings. The van der Waals surface area contributed by atoms with Gasteiger partial charge in [-0.15, -0.1) is 0 Å². The van der Waals surface area contributed by atoms with Crippen LogP contribution in [0, 0.1) is 10.9 Å². The first kappa shape index (κ1) is 22.6. The number of ether oxygens (including phenoxy) is 1. The monoisotopic (exact) mass is 430 g/mol. The summed E-state index contributed by atoms with van der Waals surface area (Å²) in [6.07, 6.45) is 5.32. The van der Waals surface area contributed by atoms with Gasteiger partial charge in [-0.25, -0.2) is 19.3 Å². The molecule has 0 aliphatic carbocycles. The van der Waals surface area contributed by atoms with Gasteiger partial charge in [0.05, 0.1) is 0 Å². The summed E-state index contributed by atoms with van der Waals surface area (Å²) in [5.74, 6) is -2.12. The Morgan fingerprint density at radius 2 is 2.23 bits per heavy atom. The highest BCUT2D eigenvalue weighted by Gasteiger charge is 2.32. The van der Waals surface area contributed by atoms with Gasteiger partial charge in [-0.05, 0) is 36.5 Å². The Morgan fingerprint density at radius 3 is 2.90 bits per heavy atom. The minimum absolute atomic E-state index is 0.0315. The van der Waals surface area contributed by atoms with Crippen LogP contribution in [-0.2, 0) is 5.92 Å². The average molecular weight is 431 g/mol. The van der Waals surface area contributed by atoms with Gasteiger partial charge in [0.2, 0.25) is 0 Å². The van der Waals surface area contributed by atoms with E-state index in [-0.39, 0.29) is 29.3 Å². The molecule has 0 spiro atoms. The van der Waals surface area contributed by atoms with Crippen LogP contribution in [0.25, 0.3) is 0 Å². The Hall–Kier alpha value is -3.10. The van der Waals surface area contributed by atoms with Crippen LogP contribution in [0.2, 0.25) is 0 Å². The molecule has 2 N–H and O–H groups in total. The third-order valence-corrected chi connectivity index (χ3v) is 5.62. The van der Waals surface area contributed by atoms with Crippen LogP contribution in [0.5, 0.6) is 6.01 Å². The molecule has 0 unspecified atom stereocenters. The lowest BCUT2D eigenvalue weighted by Gasteiger charge is -2.23. The van der Waals surface area contributed by atoms with E-state index >= 15 is 0 Å². The van der Waals surface area contributed by atoms with Gasteiger partial charge in [0, 0.05) is 43.7 Å². The number of nitrogens with zero attached hydrogens (tertiary/aromatic N) is 4. The Bertz CT molecular complexity index is 946. The van der Waals surface area contributed by atoms with Gasteiger partial charge in [-0.3, -0.25) is 0 Å². The lowest BCUT2D eigenvalue weighted by atomic mass is 9.87. The summed E-state index contributed by atoms with van der Waals surface area (Å²) in [5.41, 5.74) is 8.26. The van der Waals surface area contributed by atoms with Gasteiger partial charge < -0.3 is 15.0 Å². The highest BCUT2D eigenvalue weighted by molar-refractivity contribution is 5.49. The van der Waals surface area contributed by atoms with Crippen LogP contribution in [0.4, 0.5) is 20.3 Å². The van der Waals surface area contributed by atoms with Crippen molar-refractivity contribution in [2.45, 2.75) is 39.5 Å². The minimum Gasteiger partial charge on any atom is -0.457 e. The zero-order valence-electron chi connectivity index (χ0n) is 18.0. The van der Waals surface area contributed by atoms with Crippen LogP contribution in [0.3, 0.4) is 0 Å². The second-order valence-corrected chi connectivity index (χ2v) is 8.18. The summed E-state index contributed by atoms with van der Waals surface area (Å²) >= 11 is 0. The van der Waals surface area contributed by atoms with Crippen molar-refractivity contribution in [3.8, 4) is 6.01 Å². The van der Waals surface area contributed by atoms with Crippen molar-refractivity contribution in [3.63, 3.8) is 0 Å². The van der Waals surface area contributed by atoms with E-state index < -0.39 is 5.92 Å². The molecule has 166 valence electrons. The van der Waals surface area contributed by atoms with E-state index in [2.05, 4.69) is 39.1 Å². The number of alkyl halides is 2. The van der Waals surface area contributed by atoms with Crippen LogP contribution in [0.15, 0.2) is 53.5 Å². The lowest BCUT2D eigenvalue weighted by Crippen LogP contribution is -2.25. The molecule has 0 radical (unpaired) electrons. The third-order valence-electron chi connectivity index (χ3n) is 5.62. The molecule has 1 aromatic heterocycles. The van der Waals surface area contributed by atoms with Gasteiger partial charge >= 0.3 is 6.01 Å². The largest absolute Gasteiger partial charge is 0.457 e. The van der Waals surface area contributed by atoms with Crippen molar-refractivity contribution in [3.05, 3.63) is 54.0 Å². The first-order valence-electron chi connectivity index (χ1n) is 10.2. The third kappa shape index (κ3) is 5.96. The number of benzene rings is 1. The zero-order valence-corrected chi connectivity index (χ0v) is 18.0. The standard InChI is InChI=1S/C22H28F2N6O/c1-4-21(2)9-11-30(15-21)19-8-10-26-20(28-19)31-14-18(29-25)13-27-17-7-5-6-16(12-17)22(3,23)24/h5-8,10,12-13,25,27H,4,9,11,14-15H2,1-3H3/b18-13-,29-25?/t21-/m1/s1. The maximum atomic E-state index is 13.5. The summed E-state index contributed by atoms with van der Waals surface area (Å²) in [6, 6.07) is 7.97. The maximum Gasteiger partial charge on any atom is 0.318 e. The van der Waals surface area contributed by atoms with Crippen molar-refractivity contribution in [2.24, 2.45) is 10.5 Å². The fraction of sp³-hybridized carbons (Fsp3) is 0.455. The first-order valence-corrected chi connectivity index (χ1v) is 10.2. The molecule has 1 atom stereocenters. The minimum atomic E-state index is -2.93. The average Bonchev–Trinajstić information content (AvgIpc) is 3.16. The predicted octanol–water partition coefficient (Wildman–Crippen LogP) is 5.58. The second kappa shape index (κ2) is 9.36. The maximum absolute atomic E-state index is 13.5. The topological polar surface area (TPSA) is 86.5 Å². The number of halogens is 2. The second-order valence-electron chi connectivity index (χ2n) is 8.18. The lowest BCUT2D eigenvalue weighted by molar-refractivity contribution is 0.0175. The van der Waals surface area contributed by atoms with Crippen molar-refractivity contribution in [2.75, 3.05) is 29.9 Å². The quantitative estimate of drug-likeness (QED) is 0.507. The van der Waals surface area contributed by atoms with Crippen LogP contribution < -0.4 is 15.0 Å². The Labute approximate surface area is 181 Å². The molecule has 31 heavy (non-hydrogen) atoms. The Kier molecular flexibility index (Phi) is 6.82. The summed E-state index contributed by atoms with van der Waals surface area (Å²) in [6.45, 7) is 7.17. The first-order chi connectivity index (χ1) is 14.7. The molecule has 0 bridgehead atoms. The smallest absolute Gasteiger partial charge is 0.318 e. The molecule has 1 aromatic carbocycles. The summed E-state index contributed by atoms with van der Waals surface area (Å²) in [5, 5.41) is 6.31. The summed E-state index contributed by atoms with van der Waals surface area (Å²) in [4.78, 5) is 10.8. The SMILES string of the molecule is CC[C@]1(C)CCN(c2ccnc(OC/C(=C/Nc3cccc(C(C)(F)F)c3)N=N)n2)C1. The summed E-state index contributed by atoms with van der Waals surface area (Å²) < 4.78 is 32.6. The van der Waals surface area contributed by atoms with E-state index in [1.165, 1.54) is 24.4 Å². The normalized spacial score (nSPS) is 19.4.